The second-order valence-corrected chi connectivity index (χ2v) is 1.43. The molecule has 7 heavy (non-hydrogen) atoms. The summed E-state index contributed by atoms with van der Waals surface area (Å²) in [6, 6.07) is 0. The molecular formula is C4H11CaNO. The molecule has 0 spiro atoms. The maximum absolute atomic E-state index is 9.57. The predicted octanol–water partition coefficient (Wildman–Crippen LogP) is -1.17. The molecule has 0 unspecified atom stereocenters. The van der Waals surface area contributed by atoms with Crippen LogP contribution >= 0.6 is 0 Å². The molecule has 0 aromatic heterocycles. The van der Waals surface area contributed by atoms with E-state index in [0.29, 0.717) is 6.54 Å². The predicted molar refractivity (Wildman–Crippen MR) is 33.2 cm³/mol. The summed E-state index contributed by atoms with van der Waals surface area (Å²) in [5.74, 6) is 0. The van der Waals surface area contributed by atoms with Gasteiger partial charge in [-0.15, -0.1) is 0 Å². The molecule has 0 N–H and O–H groups in total. The Balaban J connectivity index is 0. The van der Waals surface area contributed by atoms with Crippen LogP contribution in [0.2, 0.25) is 0 Å². The molecule has 0 aliphatic heterocycles. The van der Waals surface area contributed by atoms with Gasteiger partial charge in [0.15, 0.2) is 0 Å². The molecule has 2 nitrogen and oxygen atoms in total. The molecule has 0 aromatic rings. The summed E-state index contributed by atoms with van der Waals surface area (Å²) in [6.45, 7) is 0.528. The normalized spacial score (nSPS) is 7.86. The standard InChI is InChI=1S/C4H9NO.Ca.2H/c1-5(2)3-4-6;;;/h4H,3H2,1-2H3;;;. The fraction of sp³-hybridized carbons (Fsp3) is 0.750. The summed E-state index contributed by atoms with van der Waals surface area (Å²) in [5, 5.41) is 0. The van der Waals surface area contributed by atoms with Crippen molar-refractivity contribution in [2.75, 3.05) is 20.6 Å². The van der Waals surface area contributed by atoms with E-state index in [9.17, 15) is 4.79 Å². The van der Waals surface area contributed by atoms with Crippen LogP contribution in [0.25, 0.3) is 0 Å². The fourth-order valence-corrected chi connectivity index (χ4v) is 0.149. The zero-order valence-electron chi connectivity index (χ0n) is 4.14. The number of aldehydes is 1. The molecule has 0 bridgehead atoms. The van der Waals surface area contributed by atoms with E-state index in [1.54, 1.807) is 0 Å². The van der Waals surface area contributed by atoms with Crippen molar-refractivity contribution in [2.45, 2.75) is 0 Å². The van der Waals surface area contributed by atoms with Crippen molar-refractivity contribution in [1.82, 2.24) is 4.90 Å². The van der Waals surface area contributed by atoms with Crippen molar-refractivity contribution >= 4 is 44.0 Å². The summed E-state index contributed by atoms with van der Waals surface area (Å²) >= 11 is 0. The summed E-state index contributed by atoms with van der Waals surface area (Å²) in [4.78, 5) is 11.4. The third-order valence-electron chi connectivity index (χ3n) is 0.440. The zero-order chi connectivity index (χ0) is 4.99. The molecule has 0 saturated carbocycles. The monoisotopic (exact) mass is 129 g/mol. The number of hydrogen-bond donors (Lipinski definition) is 0. The molecule has 0 fully saturated rings. The Kier molecular flexibility index (Phi) is 10.6. The number of rotatable bonds is 2. The second kappa shape index (κ2) is 6.89. The van der Waals surface area contributed by atoms with Gasteiger partial charge < -0.3 is 9.69 Å². The van der Waals surface area contributed by atoms with Gasteiger partial charge in [0.05, 0.1) is 6.54 Å². The van der Waals surface area contributed by atoms with E-state index in [4.69, 9.17) is 0 Å². The molecule has 0 aliphatic carbocycles. The molecule has 0 amide bonds. The summed E-state index contributed by atoms with van der Waals surface area (Å²) in [6.07, 6.45) is 0.875. The van der Waals surface area contributed by atoms with Gasteiger partial charge in [-0.05, 0) is 14.1 Å². The van der Waals surface area contributed by atoms with Crippen molar-refractivity contribution in [1.29, 1.82) is 0 Å². The second-order valence-electron chi connectivity index (χ2n) is 1.43. The van der Waals surface area contributed by atoms with Crippen molar-refractivity contribution in [2.24, 2.45) is 0 Å². The first kappa shape index (κ1) is 10.8. The van der Waals surface area contributed by atoms with Crippen LogP contribution in [0.1, 0.15) is 0 Å². The van der Waals surface area contributed by atoms with Crippen LogP contribution in [0.4, 0.5) is 0 Å². The Morgan fingerprint density at radius 1 is 1.57 bits per heavy atom. The summed E-state index contributed by atoms with van der Waals surface area (Å²) < 4.78 is 0. The van der Waals surface area contributed by atoms with Gasteiger partial charge in [-0.1, -0.05) is 0 Å². The van der Waals surface area contributed by atoms with Crippen LogP contribution in [0.5, 0.6) is 0 Å². The molecule has 0 heterocycles. The Labute approximate surface area is 73.9 Å². The number of nitrogens with zero attached hydrogens (tertiary/aromatic N) is 1. The van der Waals surface area contributed by atoms with Gasteiger partial charge in [0.1, 0.15) is 6.29 Å². The summed E-state index contributed by atoms with van der Waals surface area (Å²) in [7, 11) is 3.71. The van der Waals surface area contributed by atoms with Gasteiger partial charge in [-0.2, -0.15) is 0 Å². The van der Waals surface area contributed by atoms with E-state index in [1.807, 2.05) is 19.0 Å². The van der Waals surface area contributed by atoms with Crippen LogP contribution in [-0.4, -0.2) is 69.6 Å². The number of likely N-dealkylation sites (N-methyl/N-ethyl adjacent to an activating group) is 1. The quantitative estimate of drug-likeness (QED) is 0.346. The van der Waals surface area contributed by atoms with Crippen molar-refractivity contribution < 1.29 is 4.79 Å². The molecule has 0 aromatic carbocycles. The Bertz CT molecular complexity index is 47.0. The van der Waals surface area contributed by atoms with Crippen molar-refractivity contribution in [3.63, 3.8) is 0 Å². The number of carbonyl (C=O) groups excluding carboxylic acids is 1. The first-order valence-electron chi connectivity index (χ1n) is 1.85. The van der Waals surface area contributed by atoms with Gasteiger partial charge in [-0.25, -0.2) is 0 Å². The molecule has 0 radical (unpaired) electrons. The van der Waals surface area contributed by atoms with Crippen LogP contribution in [-0.2, 0) is 4.79 Å². The average molecular weight is 129 g/mol. The van der Waals surface area contributed by atoms with E-state index in [2.05, 4.69) is 0 Å². The van der Waals surface area contributed by atoms with Gasteiger partial charge in [-0.3, -0.25) is 0 Å². The van der Waals surface area contributed by atoms with E-state index in [0.717, 1.165) is 6.29 Å². The van der Waals surface area contributed by atoms with E-state index in [1.165, 1.54) is 0 Å². The van der Waals surface area contributed by atoms with Crippen LogP contribution in [0.3, 0.4) is 0 Å². The van der Waals surface area contributed by atoms with Crippen molar-refractivity contribution in [3.8, 4) is 0 Å². The molecule has 0 atom stereocenters. The minimum atomic E-state index is 0. The zero-order valence-corrected chi connectivity index (χ0v) is 4.14. The molecule has 0 rings (SSSR count). The Morgan fingerprint density at radius 2 is 2.00 bits per heavy atom. The van der Waals surface area contributed by atoms with Crippen LogP contribution < -0.4 is 0 Å². The SMILES string of the molecule is CN(C)CC=O.[CaH2]. The van der Waals surface area contributed by atoms with Crippen molar-refractivity contribution in [3.05, 3.63) is 0 Å². The maximum atomic E-state index is 9.57. The van der Waals surface area contributed by atoms with Gasteiger partial charge in [0.2, 0.25) is 0 Å². The first-order valence-corrected chi connectivity index (χ1v) is 1.85. The van der Waals surface area contributed by atoms with Crippen LogP contribution in [0, 0.1) is 0 Å². The van der Waals surface area contributed by atoms with Gasteiger partial charge in [0, 0.05) is 0 Å². The average Bonchev–Trinajstić information content (AvgIpc) is 1.35. The topological polar surface area (TPSA) is 20.3 Å². The van der Waals surface area contributed by atoms with E-state index < -0.39 is 0 Å². The minimum absolute atomic E-state index is 0. The number of hydrogen-bond acceptors (Lipinski definition) is 2. The van der Waals surface area contributed by atoms with E-state index in [-0.39, 0.29) is 37.7 Å². The first-order chi connectivity index (χ1) is 2.77. The van der Waals surface area contributed by atoms with E-state index >= 15 is 0 Å². The Morgan fingerprint density at radius 3 is 2.00 bits per heavy atom. The van der Waals surface area contributed by atoms with Gasteiger partial charge >= 0.3 is 37.7 Å². The van der Waals surface area contributed by atoms with Crippen LogP contribution in [0.15, 0.2) is 0 Å². The molecule has 40 valence electrons. The third kappa shape index (κ3) is 10.9. The summed E-state index contributed by atoms with van der Waals surface area (Å²) in [5.41, 5.74) is 0. The molecule has 0 saturated heterocycles. The molecule has 0 aliphatic rings. The molecule has 3 heteroatoms. The Hall–Kier alpha value is 0.890. The van der Waals surface area contributed by atoms with Gasteiger partial charge in [0.25, 0.3) is 0 Å². The molecular weight excluding hydrogens is 118 g/mol. The number of carbonyl (C=O) groups is 1. The third-order valence-corrected chi connectivity index (χ3v) is 0.440. The fourth-order valence-electron chi connectivity index (χ4n) is 0.149.